The second-order valence-electron chi connectivity index (χ2n) is 7.24. The summed E-state index contributed by atoms with van der Waals surface area (Å²) in [6.45, 7) is -0.128. The van der Waals surface area contributed by atoms with Crippen LogP contribution in [0.25, 0.3) is 11.0 Å². The van der Waals surface area contributed by atoms with E-state index in [0.717, 1.165) is 0 Å². The molecule has 170 valence electrons. The predicted octanol–water partition coefficient (Wildman–Crippen LogP) is 2.11. The minimum absolute atomic E-state index is 0.123. The van der Waals surface area contributed by atoms with E-state index in [1.807, 2.05) is 6.07 Å². The molecule has 0 saturated heterocycles. The molecule has 0 fully saturated rings. The molecule has 4 rings (SSSR count). The Morgan fingerprint density at radius 3 is 2.45 bits per heavy atom. The molecule has 2 aromatic carbocycles. The highest BCUT2D eigenvalue weighted by Crippen LogP contribution is 2.35. The minimum Gasteiger partial charge on any atom is -0.479 e. The molecule has 0 aliphatic carbocycles. The molecule has 11 nitrogen and oxygen atoms in total. The Labute approximate surface area is 189 Å². The quantitative estimate of drug-likeness (QED) is 0.439. The number of nitrogens with one attached hydrogen (secondary N) is 1. The Kier molecular flexibility index (Phi) is 5.57. The van der Waals surface area contributed by atoms with E-state index in [2.05, 4.69) is 9.71 Å². The Hall–Kier alpha value is -4.24. The van der Waals surface area contributed by atoms with E-state index in [-0.39, 0.29) is 28.8 Å². The molecule has 2 aromatic heterocycles. The van der Waals surface area contributed by atoms with E-state index >= 15 is 0 Å². The zero-order chi connectivity index (χ0) is 23.8. The van der Waals surface area contributed by atoms with Gasteiger partial charge in [-0.05, 0) is 18.2 Å². The number of benzene rings is 2. The summed E-state index contributed by atoms with van der Waals surface area (Å²) >= 11 is 0. The van der Waals surface area contributed by atoms with Crippen LogP contribution in [0.1, 0.15) is 0 Å². The van der Waals surface area contributed by atoms with Crippen LogP contribution in [0, 0.1) is 11.3 Å². The molecule has 0 spiro atoms. The zero-order valence-corrected chi connectivity index (χ0v) is 18.8. The number of imidazole rings is 2. The third-order valence-electron chi connectivity index (χ3n) is 4.91. The van der Waals surface area contributed by atoms with Gasteiger partial charge >= 0.3 is 5.69 Å². The van der Waals surface area contributed by atoms with Crippen molar-refractivity contribution >= 4 is 26.7 Å². The average molecular weight is 468 g/mol. The highest BCUT2D eigenvalue weighted by molar-refractivity contribution is 7.92. The van der Waals surface area contributed by atoms with Crippen molar-refractivity contribution < 1.29 is 17.9 Å². The molecule has 0 saturated carbocycles. The van der Waals surface area contributed by atoms with Crippen LogP contribution in [-0.4, -0.2) is 33.7 Å². The van der Waals surface area contributed by atoms with E-state index < -0.39 is 10.0 Å². The number of rotatable bonds is 7. The van der Waals surface area contributed by atoms with Crippen LogP contribution >= 0.6 is 0 Å². The summed E-state index contributed by atoms with van der Waals surface area (Å²) < 4.78 is 44.0. The number of hydrogen-bond acceptors (Lipinski definition) is 7. The van der Waals surface area contributed by atoms with E-state index in [1.165, 1.54) is 32.3 Å². The molecule has 12 heteroatoms. The number of nitriles is 1. The third kappa shape index (κ3) is 4.26. The topological polar surface area (TPSA) is 133 Å². The zero-order valence-electron chi connectivity index (χ0n) is 18.0. The number of aromatic nitrogens is 4. The summed E-state index contributed by atoms with van der Waals surface area (Å²) in [5, 5.41) is 8.55. The van der Waals surface area contributed by atoms with Gasteiger partial charge in [-0.1, -0.05) is 6.07 Å². The summed E-state index contributed by atoms with van der Waals surface area (Å²) in [5.41, 5.74) is 0.917. The fourth-order valence-electron chi connectivity index (χ4n) is 3.28. The van der Waals surface area contributed by atoms with Gasteiger partial charge in [0.15, 0.2) is 17.4 Å². The van der Waals surface area contributed by atoms with Crippen LogP contribution in [0.5, 0.6) is 17.2 Å². The first kappa shape index (κ1) is 22.0. The molecule has 0 unspecified atom stereocenters. The monoisotopic (exact) mass is 468 g/mol. The number of sulfonamides is 1. The Bertz CT molecular complexity index is 1560. The van der Waals surface area contributed by atoms with Crippen LogP contribution in [0.15, 0.2) is 58.7 Å². The number of hydrogen-bond donors (Lipinski definition) is 1. The van der Waals surface area contributed by atoms with E-state index in [9.17, 15) is 13.2 Å². The number of aryl methyl sites for hydroxylation is 3. The molecule has 4 aromatic rings. The molecule has 0 amide bonds. The average Bonchev–Trinajstić information content (AvgIpc) is 3.31. The van der Waals surface area contributed by atoms with Crippen molar-refractivity contribution in [3.05, 3.63) is 59.4 Å². The summed E-state index contributed by atoms with van der Waals surface area (Å²) in [5.74, 6) is 0.933. The van der Waals surface area contributed by atoms with Gasteiger partial charge in [0.25, 0.3) is 10.0 Å². The number of anilines is 1. The van der Waals surface area contributed by atoms with Crippen molar-refractivity contribution in [2.75, 3.05) is 11.3 Å². The van der Waals surface area contributed by atoms with E-state index in [4.69, 9.17) is 14.7 Å². The van der Waals surface area contributed by atoms with Crippen LogP contribution < -0.4 is 19.9 Å². The van der Waals surface area contributed by atoms with Gasteiger partial charge in [0.2, 0.25) is 0 Å². The Balaban J connectivity index is 1.81. The van der Waals surface area contributed by atoms with Gasteiger partial charge in [0, 0.05) is 39.5 Å². The highest BCUT2D eigenvalue weighted by atomic mass is 32.2. The normalized spacial score (nSPS) is 11.3. The van der Waals surface area contributed by atoms with Crippen LogP contribution in [0.2, 0.25) is 0 Å². The number of nitrogens with zero attached hydrogens (tertiary/aromatic N) is 5. The molecule has 0 aliphatic heterocycles. The molecular formula is C21H20N6O5S. The lowest BCUT2D eigenvalue weighted by Crippen LogP contribution is -2.19. The third-order valence-corrected chi connectivity index (χ3v) is 6.16. The maximum atomic E-state index is 12.9. The van der Waals surface area contributed by atoms with Crippen molar-refractivity contribution in [3.63, 3.8) is 0 Å². The Morgan fingerprint density at radius 1 is 1.09 bits per heavy atom. The summed E-state index contributed by atoms with van der Waals surface area (Å²) in [6.07, 6.45) is 2.75. The number of ether oxygens (including phenoxy) is 2. The van der Waals surface area contributed by atoms with Gasteiger partial charge < -0.3 is 14.0 Å². The molecule has 0 radical (unpaired) electrons. The first-order valence-electron chi connectivity index (χ1n) is 9.67. The summed E-state index contributed by atoms with van der Waals surface area (Å²) in [6, 6.07) is 11.6. The van der Waals surface area contributed by atoms with Crippen molar-refractivity contribution in [2.24, 2.45) is 21.1 Å². The van der Waals surface area contributed by atoms with Crippen molar-refractivity contribution in [1.82, 2.24) is 18.7 Å². The number of fused-ring (bicyclic) bond motifs is 1. The minimum atomic E-state index is -4.03. The van der Waals surface area contributed by atoms with Crippen LogP contribution in [0.4, 0.5) is 5.69 Å². The van der Waals surface area contributed by atoms with Gasteiger partial charge in [-0.2, -0.15) is 13.7 Å². The van der Waals surface area contributed by atoms with Gasteiger partial charge in [-0.25, -0.2) is 9.78 Å². The van der Waals surface area contributed by atoms with Crippen LogP contribution in [-0.2, 0) is 31.2 Å². The van der Waals surface area contributed by atoms with E-state index in [0.29, 0.717) is 22.5 Å². The second kappa shape index (κ2) is 8.36. The first-order valence-corrected chi connectivity index (χ1v) is 11.2. The van der Waals surface area contributed by atoms with Gasteiger partial charge in [-0.3, -0.25) is 13.9 Å². The molecule has 0 aliphatic rings. The molecule has 2 heterocycles. The Morgan fingerprint density at radius 2 is 1.79 bits per heavy atom. The van der Waals surface area contributed by atoms with Crippen LogP contribution in [0.3, 0.4) is 0 Å². The molecule has 1 N–H and O–H groups in total. The lowest BCUT2D eigenvalue weighted by Gasteiger charge is -2.14. The predicted molar refractivity (Wildman–Crippen MR) is 120 cm³/mol. The molecule has 0 bridgehead atoms. The highest BCUT2D eigenvalue weighted by Gasteiger charge is 2.22. The van der Waals surface area contributed by atoms with Gasteiger partial charge in [0.1, 0.15) is 17.6 Å². The summed E-state index contributed by atoms with van der Waals surface area (Å²) in [4.78, 5) is 16.3. The molecular weight excluding hydrogens is 448 g/mol. The standard InChI is InChI=1S/C21H20N6O5S/c1-25-12-20(23-13-25)33(29,30)24-16-10-17-18(27(3)21(28)26(17)2)11-19(16)32-15-6-4-5-14(9-15)31-8-7-22/h4-6,9-13,24H,8H2,1-3H3. The van der Waals surface area contributed by atoms with Crippen molar-refractivity contribution in [3.8, 4) is 23.3 Å². The fraction of sp³-hybridized carbons (Fsp3) is 0.190. The lowest BCUT2D eigenvalue weighted by molar-refractivity contribution is 0.365. The van der Waals surface area contributed by atoms with Crippen molar-refractivity contribution in [2.45, 2.75) is 5.03 Å². The summed E-state index contributed by atoms with van der Waals surface area (Å²) in [7, 11) is 0.840. The second-order valence-corrected chi connectivity index (χ2v) is 8.87. The maximum absolute atomic E-state index is 12.9. The largest absolute Gasteiger partial charge is 0.479 e. The SMILES string of the molecule is Cn1cnc(S(=O)(=O)Nc2cc3c(cc2Oc2cccc(OCC#N)c2)n(C)c(=O)n3C)c1. The molecule has 0 atom stereocenters. The fourth-order valence-corrected chi connectivity index (χ4v) is 4.33. The first-order chi connectivity index (χ1) is 15.7. The lowest BCUT2D eigenvalue weighted by atomic mass is 10.2. The van der Waals surface area contributed by atoms with Crippen molar-refractivity contribution in [1.29, 1.82) is 5.26 Å². The van der Waals surface area contributed by atoms with Gasteiger partial charge in [-0.15, -0.1) is 0 Å². The maximum Gasteiger partial charge on any atom is 0.328 e. The molecule has 33 heavy (non-hydrogen) atoms. The van der Waals surface area contributed by atoms with E-state index in [1.54, 1.807) is 51.5 Å². The smallest absolute Gasteiger partial charge is 0.328 e. The van der Waals surface area contributed by atoms with Gasteiger partial charge in [0.05, 0.1) is 23.0 Å².